The summed E-state index contributed by atoms with van der Waals surface area (Å²) in [6.07, 6.45) is 6.95. The number of pyridine rings is 1. The number of amides is 5. The summed E-state index contributed by atoms with van der Waals surface area (Å²) in [7, 11) is 0. The molecule has 4 aromatic rings. The number of benzene rings is 2. The summed E-state index contributed by atoms with van der Waals surface area (Å²) < 4.78 is 13.8. The fraction of sp³-hybridized carbons (Fsp3) is 0.263. The van der Waals surface area contributed by atoms with Gasteiger partial charge in [-0.3, -0.25) is 39.6 Å². The first-order valence-corrected chi connectivity index (χ1v) is 17.4. The third-order valence-corrected chi connectivity index (χ3v) is 10.1. The lowest BCUT2D eigenvalue weighted by Gasteiger charge is -2.39. The predicted molar refractivity (Wildman–Crippen MR) is 191 cm³/mol. The Kier molecular flexibility index (Phi) is 8.60. The number of halogens is 1. The number of imide groups is 2. The van der Waals surface area contributed by atoms with Gasteiger partial charge in [-0.15, -0.1) is 0 Å². The zero-order valence-corrected chi connectivity index (χ0v) is 28.3. The smallest absolute Gasteiger partial charge is 0.262 e. The van der Waals surface area contributed by atoms with E-state index in [1.54, 1.807) is 30.5 Å². The highest BCUT2D eigenvalue weighted by molar-refractivity contribution is 6.24. The van der Waals surface area contributed by atoms with Crippen LogP contribution in [-0.2, 0) is 14.4 Å². The Labute approximate surface area is 302 Å². The highest BCUT2D eigenvalue weighted by atomic mass is 19.1. The van der Waals surface area contributed by atoms with Crippen molar-refractivity contribution in [2.45, 2.75) is 37.8 Å². The highest BCUT2D eigenvalue weighted by Gasteiger charge is 2.45. The average Bonchev–Trinajstić information content (AvgIpc) is 3.86. The van der Waals surface area contributed by atoms with Crippen LogP contribution in [0.5, 0.6) is 0 Å². The highest BCUT2D eigenvalue weighted by Crippen LogP contribution is 2.33. The first kappa shape index (κ1) is 33.6. The van der Waals surface area contributed by atoms with E-state index < -0.39 is 29.7 Å². The molecule has 8 rings (SSSR count). The summed E-state index contributed by atoms with van der Waals surface area (Å²) in [5, 5.41) is 13.7. The maximum absolute atomic E-state index is 13.8. The van der Waals surface area contributed by atoms with Crippen LogP contribution in [0.2, 0.25) is 0 Å². The minimum atomic E-state index is -1.07. The van der Waals surface area contributed by atoms with Gasteiger partial charge >= 0.3 is 0 Å². The average molecular weight is 716 g/mol. The van der Waals surface area contributed by atoms with E-state index in [1.807, 2.05) is 34.1 Å². The third kappa shape index (κ3) is 6.45. The Bertz CT molecular complexity index is 2230. The zero-order chi connectivity index (χ0) is 36.8. The molecule has 0 aliphatic carbocycles. The number of rotatable bonds is 8. The first-order chi connectivity index (χ1) is 25.6. The van der Waals surface area contributed by atoms with Gasteiger partial charge in [0.25, 0.3) is 11.8 Å². The van der Waals surface area contributed by atoms with Crippen molar-refractivity contribution >= 4 is 53.0 Å². The lowest BCUT2D eigenvalue weighted by Crippen LogP contribution is -2.54. The van der Waals surface area contributed by atoms with E-state index in [0.717, 1.165) is 23.3 Å². The normalized spacial score (nSPS) is 20.2. The molecule has 4 aliphatic heterocycles. The second-order valence-corrected chi connectivity index (χ2v) is 13.5. The van der Waals surface area contributed by atoms with Gasteiger partial charge in [-0.1, -0.05) is 18.2 Å². The van der Waals surface area contributed by atoms with Crippen LogP contribution in [-0.4, -0.2) is 85.8 Å². The number of fused-ring (bicyclic) bond motifs is 1. The van der Waals surface area contributed by atoms with Crippen molar-refractivity contribution in [1.29, 1.82) is 5.41 Å². The molecule has 2 unspecified atom stereocenters. The number of aromatic nitrogens is 3. The van der Waals surface area contributed by atoms with Gasteiger partial charge < -0.3 is 20.1 Å². The van der Waals surface area contributed by atoms with Crippen molar-refractivity contribution in [3.8, 4) is 11.4 Å². The van der Waals surface area contributed by atoms with Crippen LogP contribution in [0.25, 0.3) is 17.5 Å². The summed E-state index contributed by atoms with van der Waals surface area (Å²) in [6, 6.07) is 15.4. The lowest BCUT2D eigenvalue weighted by atomic mass is 9.98. The van der Waals surface area contributed by atoms with Gasteiger partial charge in [-0.2, -0.15) is 0 Å². The number of hydrogen-bond donors (Lipinski definition) is 4. The molecule has 0 saturated carbocycles. The first-order valence-electron chi connectivity index (χ1n) is 17.4. The Balaban J connectivity index is 0.865. The molecule has 0 spiro atoms. The third-order valence-electron chi connectivity index (χ3n) is 10.1. The van der Waals surface area contributed by atoms with Gasteiger partial charge in [0.05, 0.1) is 40.7 Å². The number of imidazole rings is 1. The van der Waals surface area contributed by atoms with E-state index in [0.29, 0.717) is 54.2 Å². The van der Waals surface area contributed by atoms with Crippen LogP contribution in [0, 0.1) is 17.1 Å². The molecule has 0 radical (unpaired) electrons. The minimum absolute atomic E-state index is 0.0275. The summed E-state index contributed by atoms with van der Waals surface area (Å²) in [6.45, 7) is 1.55. The summed E-state index contributed by atoms with van der Waals surface area (Å²) in [5.41, 5.74) is 2.78. The molecule has 268 valence electrons. The Morgan fingerprint density at radius 3 is 2.58 bits per heavy atom. The topological polar surface area (TPSA) is 185 Å². The van der Waals surface area contributed by atoms with E-state index in [9.17, 15) is 28.4 Å². The van der Waals surface area contributed by atoms with Crippen molar-refractivity contribution in [3.63, 3.8) is 0 Å². The molecule has 5 amide bonds. The minimum Gasteiger partial charge on any atom is -0.355 e. The molecule has 6 heterocycles. The van der Waals surface area contributed by atoms with Crippen molar-refractivity contribution < 1.29 is 28.4 Å². The lowest BCUT2D eigenvalue weighted by molar-refractivity contribution is -0.136. The van der Waals surface area contributed by atoms with E-state index in [-0.39, 0.29) is 47.7 Å². The van der Waals surface area contributed by atoms with E-state index in [2.05, 4.69) is 20.6 Å². The van der Waals surface area contributed by atoms with Crippen molar-refractivity contribution in [2.24, 2.45) is 5.92 Å². The van der Waals surface area contributed by atoms with Crippen LogP contribution in [0.15, 0.2) is 72.9 Å². The maximum Gasteiger partial charge on any atom is 0.262 e. The van der Waals surface area contributed by atoms with Crippen LogP contribution < -0.4 is 15.5 Å². The standard InChI is InChI=1S/C38H34FN9O5/c39-23-5-1-4-21(16-23)29-7-3-15-47(29)31(40)12-13-32-41-18-28(43-32)27-6-2-8-33(44-27)46-19-22(20-46)35(50)42-24-9-10-25-26(17-24)38(53)48(37(25)52)30-11-14-34(49)45-36(30)51/h1-2,4-6,8-10,12-13,16-18,22,29-30,40H,3,7,11,14-15,19-20H2,(H,41,43)(H,42,50)(H,45,49,51)/b13-12-,40-31?. The van der Waals surface area contributed by atoms with Crippen LogP contribution in [0.1, 0.15) is 63.8 Å². The Morgan fingerprint density at radius 2 is 1.77 bits per heavy atom. The second kappa shape index (κ2) is 13.6. The molecule has 2 atom stereocenters. The predicted octanol–water partition coefficient (Wildman–Crippen LogP) is 3.91. The van der Waals surface area contributed by atoms with Gasteiger partial charge in [-0.05, 0) is 79.4 Å². The monoisotopic (exact) mass is 715 g/mol. The number of anilines is 2. The molecule has 14 nitrogen and oxygen atoms in total. The van der Waals surface area contributed by atoms with Crippen LogP contribution >= 0.6 is 0 Å². The van der Waals surface area contributed by atoms with Gasteiger partial charge in [0.15, 0.2) is 0 Å². The molecule has 2 aromatic heterocycles. The molecule has 4 N–H and O–H groups in total. The summed E-state index contributed by atoms with van der Waals surface area (Å²) in [5.74, 6) is -1.70. The van der Waals surface area contributed by atoms with Gasteiger partial charge in [-0.25, -0.2) is 14.4 Å². The molecule has 3 saturated heterocycles. The number of nitrogens with one attached hydrogen (secondary N) is 4. The van der Waals surface area contributed by atoms with Crippen molar-refractivity contribution in [3.05, 3.63) is 101 Å². The molecule has 3 fully saturated rings. The molecular weight excluding hydrogens is 681 g/mol. The zero-order valence-electron chi connectivity index (χ0n) is 28.3. The number of amidine groups is 1. The van der Waals surface area contributed by atoms with Crippen LogP contribution in [0.4, 0.5) is 15.9 Å². The number of H-pyrrole nitrogens is 1. The molecular formula is C38H34FN9O5. The number of carbonyl (C=O) groups excluding carboxylic acids is 5. The fourth-order valence-electron chi connectivity index (χ4n) is 7.29. The Hall–Kier alpha value is -6.51. The number of nitrogens with zero attached hydrogens (tertiary/aromatic N) is 5. The van der Waals surface area contributed by atoms with Gasteiger partial charge in [0, 0.05) is 31.7 Å². The number of carbonyl (C=O) groups is 5. The number of aromatic amines is 1. The molecule has 4 aliphatic rings. The number of likely N-dealkylation sites (tertiary alicyclic amines) is 1. The van der Waals surface area contributed by atoms with Crippen LogP contribution in [0.3, 0.4) is 0 Å². The Morgan fingerprint density at radius 1 is 0.962 bits per heavy atom. The number of hydrogen-bond acceptors (Lipinski definition) is 9. The second-order valence-electron chi connectivity index (χ2n) is 13.5. The summed E-state index contributed by atoms with van der Waals surface area (Å²) in [4.78, 5) is 80.5. The SMILES string of the molecule is N=C(/C=C\c1ncc(-c2cccc(N3CC(C(=O)Nc4ccc5c(c4)C(=O)N(C4CCC(=O)NC4=O)C5=O)C3)n2)[nH]1)N1CCCC1c1cccc(F)c1. The molecule has 2 aromatic carbocycles. The number of piperidine rings is 1. The van der Waals surface area contributed by atoms with Crippen molar-refractivity contribution in [1.82, 2.24) is 30.1 Å². The van der Waals surface area contributed by atoms with E-state index in [4.69, 9.17) is 10.4 Å². The van der Waals surface area contributed by atoms with E-state index in [1.165, 1.54) is 24.3 Å². The molecule has 53 heavy (non-hydrogen) atoms. The quantitative estimate of drug-likeness (QED) is 0.119. The largest absolute Gasteiger partial charge is 0.355 e. The maximum atomic E-state index is 13.8. The fourth-order valence-corrected chi connectivity index (χ4v) is 7.29. The van der Waals surface area contributed by atoms with Crippen molar-refractivity contribution in [2.75, 3.05) is 29.9 Å². The summed E-state index contributed by atoms with van der Waals surface area (Å²) >= 11 is 0. The van der Waals surface area contributed by atoms with Gasteiger partial charge in [0.2, 0.25) is 17.7 Å². The van der Waals surface area contributed by atoms with Gasteiger partial charge in [0.1, 0.15) is 29.3 Å². The molecule has 0 bridgehead atoms. The van der Waals surface area contributed by atoms with E-state index >= 15 is 0 Å². The molecule has 15 heteroatoms.